The van der Waals surface area contributed by atoms with Gasteiger partial charge in [0.2, 0.25) is 0 Å². The molecule has 1 aromatic carbocycles. The minimum absolute atomic E-state index is 0.0315. The molecule has 1 unspecified atom stereocenters. The maximum atomic E-state index is 11.3. The van der Waals surface area contributed by atoms with E-state index in [0.29, 0.717) is 5.52 Å². The maximum Gasteiger partial charge on any atom is 0.337 e. The van der Waals surface area contributed by atoms with E-state index in [4.69, 9.17) is 0 Å². The maximum absolute atomic E-state index is 11.3. The number of aromatic carboxylic acids is 1. The van der Waals surface area contributed by atoms with Gasteiger partial charge >= 0.3 is 5.97 Å². The van der Waals surface area contributed by atoms with E-state index in [1.807, 2.05) is 29.9 Å². The summed E-state index contributed by atoms with van der Waals surface area (Å²) in [7, 11) is 0. The molecule has 1 N–H and O–H groups in total. The highest BCUT2D eigenvalue weighted by molar-refractivity contribution is 7.09. The monoisotopic (exact) mass is 287 g/mol. The molecule has 2 heterocycles. The van der Waals surface area contributed by atoms with Gasteiger partial charge in [0.15, 0.2) is 0 Å². The number of imidazole rings is 1. The molecule has 3 rings (SSSR count). The van der Waals surface area contributed by atoms with Gasteiger partial charge in [-0.05, 0) is 26.0 Å². The highest BCUT2D eigenvalue weighted by atomic mass is 32.1. The predicted octanol–water partition coefficient (Wildman–Crippen LogP) is 3.11. The summed E-state index contributed by atoms with van der Waals surface area (Å²) in [5.41, 5.74) is 1.58. The summed E-state index contributed by atoms with van der Waals surface area (Å²) in [6.45, 7) is 3.93. The summed E-state index contributed by atoms with van der Waals surface area (Å²) in [5, 5.41) is 12.2. The molecule has 0 amide bonds. The molecule has 2 aromatic heterocycles. The van der Waals surface area contributed by atoms with Crippen LogP contribution in [0.4, 0.5) is 0 Å². The van der Waals surface area contributed by atoms with E-state index in [-0.39, 0.29) is 11.6 Å². The van der Waals surface area contributed by atoms with Crippen LogP contribution >= 0.6 is 11.3 Å². The summed E-state index contributed by atoms with van der Waals surface area (Å²) in [5.74, 6) is -0.168. The molecule has 0 aliphatic carbocycles. The Kier molecular flexibility index (Phi) is 3.02. The first kappa shape index (κ1) is 12.8. The van der Waals surface area contributed by atoms with Gasteiger partial charge in [-0.25, -0.2) is 14.8 Å². The zero-order valence-corrected chi connectivity index (χ0v) is 11.9. The van der Waals surface area contributed by atoms with Gasteiger partial charge in [0.25, 0.3) is 0 Å². The lowest BCUT2D eigenvalue weighted by atomic mass is 10.2. The van der Waals surface area contributed by atoms with E-state index < -0.39 is 5.97 Å². The van der Waals surface area contributed by atoms with Gasteiger partial charge in [-0.2, -0.15) is 0 Å². The molecular weight excluding hydrogens is 274 g/mol. The van der Waals surface area contributed by atoms with Crippen LogP contribution in [0.2, 0.25) is 0 Å². The second-order valence-corrected chi connectivity index (χ2v) is 5.48. The van der Waals surface area contributed by atoms with Crippen molar-refractivity contribution in [1.29, 1.82) is 0 Å². The molecule has 0 bridgehead atoms. The third-order valence-corrected chi connectivity index (χ3v) is 4.27. The number of nitrogens with zero attached hydrogens (tertiary/aromatic N) is 3. The van der Waals surface area contributed by atoms with E-state index in [2.05, 4.69) is 9.97 Å². The molecule has 0 saturated heterocycles. The fourth-order valence-corrected chi connectivity index (χ4v) is 3.13. The second kappa shape index (κ2) is 4.72. The molecule has 20 heavy (non-hydrogen) atoms. The Bertz CT molecular complexity index is 777. The molecule has 3 aromatic rings. The van der Waals surface area contributed by atoms with Crippen molar-refractivity contribution in [2.75, 3.05) is 0 Å². The van der Waals surface area contributed by atoms with Crippen molar-refractivity contribution in [3.05, 3.63) is 46.2 Å². The van der Waals surface area contributed by atoms with Crippen molar-refractivity contribution in [1.82, 2.24) is 14.5 Å². The minimum Gasteiger partial charge on any atom is -0.478 e. The van der Waals surface area contributed by atoms with Crippen LogP contribution in [-0.4, -0.2) is 25.6 Å². The zero-order valence-electron chi connectivity index (χ0n) is 11.1. The van der Waals surface area contributed by atoms with Gasteiger partial charge in [-0.3, -0.25) is 0 Å². The highest BCUT2D eigenvalue weighted by Crippen LogP contribution is 2.28. The fourth-order valence-electron chi connectivity index (χ4n) is 2.45. The normalized spacial score (nSPS) is 12.7. The Morgan fingerprint density at radius 3 is 2.90 bits per heavy atom. The van der Waals surface area contributed by atoms with Crippen molar-refractivity contribution in [3.8, 4) is 0 Å². The number of fused-ring (bicyclic) bond motifs is 1. The number of aryl methyl sites for hydroxylation is 1. The molecule has 0 fully saturated rings. The Balaban J connectivity index is 2.24. The molecule has 102 valence electrons. The van der Waals surface area contributed by atoms with Crippen molar-refractivity contribution < 1.29 is 9.90 Å². The summed E-state index contributed by atoms with van der Waals surface area (Å²) < 4.78 is 2.03. The minimum atomic E-state index is -0.956. The third-order valence-electron chi connectivity index (χ3n) is 3.32. The van der Waals surface area contributed by atoms with Crippen LogP contribution in [0.15, 0.2) is 29.8 Å². The van der Waals surface area contributed by atoms with Gasteiger partial charge in [0.05, 0.1) is 17.1 Å². The molecule has 0 aliphatic rings. The van der Waals surface area contributed by atoms with Crippen LogP contribution < -0.4 is 0 Å². The molecule has 0 aliphatic heterocycles. The van der Waals surface area contributed by atoms with Crippen molar-refractivity contribution in [2.24, 2.45) is 0 Å². The number of thiazole rings is 1. The van der Waals surface area contributed by atoms with Crippen molar-refractivity contribution in [3.63, 3.8) is 0 Å². The predicted molar refractivity (Wildman–Crippen MR) is 77.4 cm³/mol. The molecule has 0 saturated carbocycles. The van der Waals surface area contributed by atoms with Crippen LogP contribution in [0.3, 0.4) is 0 Å². The first-order valence-corrected chi connectivity index (χ1v) is 7.08. The number of carbonyl (C=O) groups is 1. The Morgan fingerprint density at radius 2 is 2.25 bits per heavy atom. The van der Waals surface area contributed by atoms with Gasteiger partial charge in [-0.1, -0.05) is 6.07 Å². The zero-order chi connectivity index (χ0) is 14.3. The van der Waals surface area contributed by atoms with Crippen LogP contribution in [0.1, 0.15) is 34.2 Å². The first-order valence-electron chi connectivity index (χ1n) is 6.20. The number of carboxylic acids is 1. The SMILES string of the molecule is Cc1nc2c(C(=O)O)cccc2n1C(C)c1nccs1. The second-order valence-electron chi connectivity index (χ2n) is 4.55. The van der Waals surface area contributed by atoms with Crippen LogP contribution in [0.25, 0.3) is 11.0 Å². The van der Waals surface area contributed by atoms with E-state index in [0.717, 1.165) is 16.3 Å². The molecular formula is C14H13N3O2S. The molecule has 0 radical (unpaired) electrons. The van der Waals surface area contributed by atoms with Crippen molar-refractivity contribution >= 4 is 28.3 Å². The smallest absolute Gasteiger partial charge is 0.337 e. The van der Waals surface area contributed by atoms with Gasteiger partial charge in [0, 0.05) is 11.6 Å². The first-order chi connectivity index (χ1) is 9.59. The Labute approximate surface area is 119 Å². The number of rotatable bonds is 3. The highest BCUT2D eigenvalue weighted by Gasteiger charge is 2.19. The fraction of sp³-hybridized carbons (Fsp3) is 0.214. The lowest BCUT2D eigenvalue weighted by Crippen LogP contribution is -2.08. The van der Waals surface area contributed by atoms with Crippen LogP contribution in [-0.2, 0) is 0 Å². The largest absolute Gasteiger partial charge is 0.478 e. The van der Waals surface area contributed by atoms with E-state index in [1.165, 1.54) is 0 Å². The number of para-hydroxylation sites is 1. The van der Waals surface area contributed by atoms with Gasteiger partial charge in [0.1, 0.15) is 16.3 Å². The van der Waals surface area contributed by atoms with Gasteiger partial charge in [-0.15, -0.1) is 11.3 Å². The average Bonchev–Trinajstić information content (AvgIpc) is 3.03. The number of benzene rings is 1. The summed E-state index contributed by atoms with van der Waals surface area (Å²) in [4.78, 5) is 20.0. The molecule has 5 nitrogen and oxygen atoms in total. The topological polar surface area (TPSA) is 68.0 Å². The lowest BCUT2D eigenvalue weighted by Gasteiger charge is -2.13. The van der Waals surface area contributed by atoms with E-state index in [9.17, 15) is 9.90 Å². The van der Waals surface area contributed by atoms with Crippen molar-refractivity contribution in [2.45, 2.75) is 19.9 Å². The molecule has 0 spiro atoms. The third kappa shape index (κ3) is 1.89. The Hall–Kier alpha value is -2.21. The van der Waals surface area contributed by atoms with E-state index in [1.54, 1.807) is 29.7 Å². The summed E-state index contributed by atoms with van der Waals surface area (Å²) >= 11 is 1.58. The molecule has 6 heteroatoms. The number of hydrogen-bond acceptors (Lipinski definition) is 4. The van der Waals surface area contributed by atoms with E-state index >= 15 is 0 Å². The van der Waals surface area contributed by atoms with Gasteiger partial charge < -0.3 is 9.67 Å². The summed E-state index contributed by atoms with van der Waals surface area (Å²) in [6, 6.07) is 5.25. The van der Waals surface area contributed by atoms with Crippen LogP contribution in [0, 0.1) is 6.92 Å². The lowest BCUT2D eigenvalue weighted by molar-refractivity contribution is 0.0699. The summed E-state index contributed by atoms with van der Waals surface area (Å²) in [6.07, 6.45) is 1.77. The standard InChI is InChI=1S/C14H13N3O2S/c1-8(13-15-6-7-20-13)17-9(2)16-12-10(14(18)19)4-3-5-11(12)17/h3-8H,1-2H3,(H,18,19). The Morgan fingerprint density at radius 1 is 1.45 bits per heavy atom. The number of aromatic nitrogens is 3. The number of hydrogen-bond donors (Lipinski definition) is 1. The quantitative estimate of drug-likeness (QED) is 0.803. The number of carboxylic acid groups (broad SMARTS) is 1. The van der Waals surface area contributed by atoms with Crippen LogP contribution in [0.5, 0.6) is 0 Å². The average molecular weight is 287 g/mol. The molecule has 1 atom stereocenters.